The number of anilines is 3. The molecule has 0 spiro atoms. The minimum absolute atomic E-state index is 0. The summed E-state index contributed by atoms with van der Waals surface area (Å²) in [7, 11) is 0. The van der Waals surface area contributed by atoms with E-state index in [1.807, 2.05) is 54.0 Å². The standard InChI is InChI=1S/C26H25N7O.H2/c1-5-19-12-17(3)32(14-19)26-21(18(4)34)8-11-25(29-26)33-15-27-22-9-7-20(13-23(22)33)28-24-10-6-16(2)30-31-24;/h1,6-11,13,15,17,19H,12,14H2,2-4H3,(H,28,31);1H/t17-,19+;/m0./s1. The summed E-state index contributed by atoms with van der Waals surface area (Å²) in [6, 6.07) is 13.6. The highest BCUT2D eigenvalue weighted by molar-refractivity contribution is 5.99. The summed E-state index contributed by atoms with van der Waals surface area (Å²) < 4.78 is 1.92. The zero-order valence-electron chi connectivity index (χ0n) is 19.4. The molecule has 1 N–H and O–H groups in total. The number of Topliss-reactive ketones (excluding diaryl/α,β-unsaturated/α-hetero) is 1. The number of hydrogen-bond donors (Lipinski definition) is 1. The molecular weight excluding hydrogens is 426 g/mol. The van der Waals surface area contributed by atoms with Crippen molar-refractivity contribution in [3.05, 3.63) is 60.0 Å². The lowest BCUT2D eigenvalue weighted by Crippen LogP contribution is -2.29. The summed E-state index contributed by atoms with van der Waals surface area (Å²) >= 11 is 0. The molecule has 4 aromatic rings. The Morgan fingerprint density at radius 3 is 2.76 bits per heavy atom. The molecule has 2 atom stereocenters. The largest absolute Gasteiger partial charge is 0.352 e. The quantitative estimate of drug-likeness (QED) is 0.350. The van der Waals surface area contributed by atoms with E-state index in [2.05, 4.69) is 38.2 Å². The van der Waals surface area contributed by atoms with Crippen LogP contribution in [0.25, 0.3) is 16.9 Å². The van der Waals surface area contributed by atoms with Gasteiger partial charge in [0.1, 0.15) is 18.0 Å². The third kappa shape index (κ3) is 3.97. The van der Waals surface area contributed by atoms with Crippen LogP contribution in [0.2, 0.25) is 0 Å². The maximum Gasteiger partial charge on any atom is 0.163 e. The van der Waals surface area contributed by atoms with Gasteiger partial charge in [0.15, 0.2) is 11.6 Å². The number of nitrogens with one attached hydrogen (secondary N) is 1. The Kier molecular flexibility index (Phi) is 5.46. The molecule has 4 heterocycles. The van der Waals surface area contributed by atoms with E-state index < -0.39 is 0 Å². The van der Waals surface area contributed by atoms with Crippen LogP contribution in [0.4, 0.5) is 17.3 Å². The molecule has 3 aromatic heterocycles. The molecule has 1 aliphatic rings. The predicted molar refractivity (Wildman–Crippen MR) is 135 cm³/mol. The lowest BCUT2D eigenvalue weighted by atomic mass is 10.1. The molecule has 8 heteroatoms. The summed E-state index contributed by atoms with van der Waals surface area (Å²) in [5.41, 5.74) is 4.03. The normalized spacial score (nSPS) is 17.6. The van der Waals surface area contributed by atoms with Gasteiger partial charge < -0.3 is 10.2 Å². The number of terminal acetylenes is 1. The summed E-state index contributed by atoms with van der Waals surface area (Å²) in [6.07, 6.45) is 8.32. The molecule has 0 saturated carbocycles. The van der Waals surface area contributed by atoms with Crippen molar-refractivity contribution in [3.8, 4) is 18.2 Å². The molecule has 0 bridgehead atoms. The molecule has 0 radical (unpaired) electrons. The van der Waals surface area contributed by atoms with E-state index in [9.17, 15) is 4.79 Å². The van der Waals surface area contributed by atoms with Crippen LogP contribution in [0, 0.1) is 25.2 Å². The van der Waals surface area contributed by atoms with Gasteiger partial charge >= 0.3 is 0 Å². The number of nitrogens with zero attached hydrogens (tertiary/aromatic N) is 6. The van der Waals surface area contributed by atoms with Crippen molar-refractivity contribution in [2.75, 3.05) is 16.8 Å². The average Bonchev–Trinajstić information content (AvgIpc) is 3.43. The first-order chi connectivity index (χ1) is 16.4. The summed E-state index contributed by atoms with van der Waals surface area (Å²) in [5, 5.41) is 11.6. The van der Waals surface area contributed by atoms with Gasteiger partial charge in [-0.3, -0.25) is 9.36 Å². The maximum absolute atomic E-state index is 12.4. The molecular formula is C26H27N7O. The first kappa shape index (κ1) is 21.6. The number of rotatable bonds is 5. The van der Waals surface area contributed by atoms with Crippen molar-refractivity contribution >= 4 is 34.1 Å². The molecule has 0 aliphatic carbocycles. The van der Waals surface area contributed by atoms with Gasteiger partial charge in [-0.2, -0.15) is 5.10 Å². The lowest BCUT2D eigenvalue weighted by molar-refractivity contribution is 0.101. The summed E-state index contributed by atoms with van der Waals surface area (Å²) in [6.45, 7) is 6.27. The van der Waals surface area contributed by atoms with Crippen LogP contribution in [-0.4, -0.2) is 43.1 Å². The minimum atomic E-state index is -0.0217. The van der Waals surface area contributed by atoms with Crippen molar-refractivity contribution in [1.82, 2.24) is 24.7 Å². The summed E-state index contributed by atoms with van der Waals surface area (Å²) in [5.74, 6) is 4.99. The fraction of sp³-hybridized carbons (Fsp3) is 0.269. The van der Waals surface area contributed by atoms with Gasteiger partial charge in [-0.25, -0.2) is 9.97 Å². The van der Waals surface area contributed by atoms with Crippen molar-refractivity contribution in [2.24, 2.45) is 5.92 Å². The maximum atomic E-state index is 12.4. The SMILES string of the molecule is C#C[C@@H]1C[C@H](C)N(c2nc(-n3cnc4ccc(Nc5ccc(C)nn5)cc43)ccc2C(C)=O)C1.[HH]. The van der Waals surface area contributed by atoms with E-state index in [0.717, 1.165) is 28.8 Å². The molecule has 0 amide bonds. The topological polar surface area (TPSA) is 88.8 Å². The van der Waals surface area contributed by atoms with Crippen LogP contribution in [0.15, 0.2) is 48.8 Å². The summed E-state index contributed by atoms with van der Waals surface area (Å²) in [4.78, 5) is 24.0. The number of ketones is 1. The number of hydrogen-bond acceptors (Lipinski definition) is 7. The van der Waals surface area contributed by atoms with Crippen LogP contribution in [-0.2, 0) is 0 Å². The van der Waals surface area contributed by atoms with Gasteiger partial charge in [-0.1, -0.05) is 0 Å². The molecule has 5 rings (SSSR count). The number of imidazole rings is 1. The highest BCUT2D eigenvalue weighted by atomic mass is 16.1. The number of pyridine rings is 1. The number of aromatic nitrogens is 5. The fourth-order valence-electron chi connectivity index (χ4n) is 4.39. The Morgan fingerprint density at radius 1 is 1.21 bits per heavy atom. The van der Waals surface area contributed by atoms with Gasteiger partial charge in [0.2, 0.25) is 0 Å². The Morgan fingerprint density at radius 2 is 2.06 bits per heavy atom. The van der Waals surface area contributed by atoms with E-state index in [-0.39, 0.29) is 19.2 Å². The molecule has 1 aromatic carbocycles. The van der Waals surface area contributed by atoms with Crippen LogP contribution in [0.3, 0.4) is 0 Å². The third-order valence-electron chi connectivity index (χ3n) is 6.19. The van der Waals surface area contributed by atoms with Crippen LogP contribution in [0.1, 0.15) is 37.7 Å². The van der Waals surface area contributed by atoms with Gasteiger partial charge in [-0.05, 0) is 69.7 Å². The van der Waals surface area contributed by atoms with Gasteiger partial charge in [0, 0.05) is 25.6 Å². The molecule has 1 fully saturated rings. The molecule has 172 valence electrons. The number of aryl methyl sites for hydroxylation is 1. The van der Waals surface area contributed by atoms with Gasteiger partial charge in [0.25, 0.3) is 0 Å². The monoisotopic (exact) mass is 453 g/mol. The van der Waals surface area contributed by atoms with E-state index in [1.165, 1.54) is 0 Å². The van der Waals surface area contributed by atoms with E-state index >= 15 is 0 Å². The smallest absolute Gasteiger partial charge is 0.163 e. The van der Waals surface area contributed by atoms with Crippen molar-refractivity contribution in [3.63, 3.8) is 0 Å². The van der Waals surface area contributed by atoms with Crippen molar-refractivity contribution in [2.45, 2.75) is 33.2 Å². The Balaban J connectivity index is 0.00000289. The average molecular weight is 454 g/mol. The fourth-order valence-corrected chi connectivity index (χ4v) is 4.39. The molecule has 1 saturated heterocycles. The van der Waals surface area contributed by atoms with E-state index in [1.54, 1.807) is 13.3 Å². The molecule has 0 unspecified atom stereocenters. The van der Waals surface area contributed by atoms with Gasteiger partial charge in [0.05, 0.1) is 22.3 Å². The first-order valence-corrected chi connectivity index (χ1v) is 11.2. The minimum Gasteiger partial charge on any atom is -0.352 e. The highest BCUT2D eigenvalue weighted by Crippen LogP contribution is 2.32. The van der Waals surface area contributed by atoms with Crippen LogP contribution >= 0.6 is 0 Å². The van der Waals surface area contributed by atoms with Crippen molar-refractivity contribution < 1.29 is 6.22 Å². The zero-order chi connectivity index (χ0) is 23.8. The van der Waals surface area contributed by atoms with Crippen LogP contribution < -0.4 is 10.2 Å². The Labute approximate surface area is 199 Å². The first-order valence-electron chi connectivity index (χ1n) is 11.2. The zero-order valence-corrected chi connectivity index (χ0v) is 19.4. The Hall–Kier alpha value is -4.25. The second kappa shape index (κ2) is 8.60. The molecule has 1 aliphatic heterocycles. The number of benzene rings is 1. The third-order valence-corrected chi connectivity index (χ3v) is 6.19. The highest BCUT2D eigenvalue weighted by Gasteiger charge is 2.31. The second-order valence-corrected chi connectivity index (χ2v) is 8.70. The van der Waals surface area contributed by atoms with E-state index in [4.69, 9.17) is 11.4 Å². The number of fused-ring (bicyclic) bond motifs is 1. The van der Waals surface area contributed by atoms with Crippen molar-refractivity contribution in [1.29, 1.82) is 0 Å². The molecule has 8 nitrogen and oxygen atoms in total. The van der Waals surface area contributed by atoms with E-state index in [0.29, 0.717) is 29.6 Å². The molecule has 34 heavy (non-hydrogen) atoms. The number of carbonyl (C=O) groups is 1. The lowest BCUT2D eigenvalue weighted by Gasteiger charge is -2.25. The van der Waals surface area contributed by atoms with Gasteiger partial charge in [-0.15, -0.1) is 17.4 Å². The number of carbonyl (C=O) groups excluding carboxylic acids is 1. The second-order valence-electron chi connectivity index (χ2n) is 8.70. The predicted octanol–water partition coefficient (Wildman–Crippen LogP) is 4.56. The Bertz CT molecular complexity index is 1420. The van der Waals surface area contributed by atoms with Crippen LogP contribution in [0.5, 0.6) is 0 Å².